The number of carbonyl (C=O) groups is 1. The normalized spacial score (nSPS) is 11.3. The Balaban J connectivity index is 1.60. The van der Waals surface area contributed by atoms with Gasteiger partial charge in [0.2, 0.25) is 0 Å². The smallest absolute Gasteiger partial charge is 0.261 e. The molecule has 0 bridgehead atoms. The summed E-state index contributed by atoms with van der Waals surface area (Å²) in [5, 5.41) is 13.1. The number of rotatable bonds is 8. The molecule has 0 aliphatic rings. The number of hydrogen-bond donors (Lipinski definition) is 2. The van der Waals surface area contributed by atoms with Gasteiger partial charge in [0.1, 0.15) is 11.4 Å². The zero-order valence-electron chi connectivity index (χ0n) is 16.4. The zero-order chi connectivity index (χ0) is 20.1. The van der Waals surface area contributed by atoms with Gasteiger partial charge in [-0.3, -0.25) is 9.59 Å². The summed E-state index contributed by atoms with van der Waals surface area (Å²) in [7, 11) is 0. The largest absolute Gasteiger partial charge is 0.352 e. The van der Waals surface area contributed by atoms with Crippen LogP contribution in [-0.4, -0.2) is 38.5 Å². The molecule has 1 amide bonds. The number of aromatic amines is 1. The maximum Gasteiger partial charge on any atom is 0.261 e. The van der Waals surface area contributed by atoms with Crippen LogP contribution in [-0.2, 0) is 13.0 Å². The second-order valence-corrected chi connectivity index (χ2v) is 7.84. The van der Waals surface area contributed by atoms with Gasteiger partial charge in [-0.1, -0.05) is 43.8 Å². The second-order valence-electron chi connectivity index (χ2n) is 7.07. The van der Waals surface area contributed by atoms with Crippen LogP contribution in [0, 0.1) is 5.92 Å². The zero-order valence-corrected chi connectivity index (χ0v) is 17.2. The van der Waals surface area contributed by atoms with Gasteiger partial charge in [0.25, 0.3) is 11.5 Å². The van der Waals surface area contributed by atoms with Crippen LogP contribution in [0.5, 0.6) is 0 Å². The van der Waals surface area contributed by atoms with Gasteiger partial charge >= 0.3 is 0 Å². The number of carbonyl (C=O) groups excluding carboxylic acids is 1. The predicted molar refractivity (Wildman–Crippen MR) is 112 cm³/mol. The molecule has 1 aromatic carbocycles. The highest BCUT2D eigenvalue weighted by atomic mass is 32.2. The molecule has 0 aliphatic heterocycles. The van der Waals surface area contributed by atoms with Gasteiger partial charge in [0.15, 0.2) is 5.16 Å². The molecular weight excluding hydrogens is 374 g/mol. The minimum Gasteiger partial charge on any atom is -0.352 e. The van der Waals surface area contributed by atoms with Crippen LogP contribution in [0.15, 0.2) is 40.3 Å². The van der Waals surface area contributed by atoms with Gasteiger partial charge in [-0.2, -0.15) is 0 Å². The Morgan fingerprint density at radius 2 is 2.07 bits per heavy atom. The number of fused-ring (bicyclic) bond motifs is 1. The molecular formula is C20H25N5O2S. The van der Waals surface area contributed by atoms with Crippen molar-refractivity contribution in [3.63, 3.8) is 0 Å². The number of nitrogens with one attached hydrogen (secondary N) is 2. The number of H-pyrrole nitrogens is 1. The van der Waals surface area contributed by atoms with Crippen molar-refractivity contribution in [1.29, 1.82) is 0 Å². The molecule has 7 nitrogen and oxygen atoms in total. The van der Waals surface area contributed by atoms with E-state index in [1.54, 1.807) is 17.8 Å². The Hall–Kier alpha value is -2.61. The Labute approximate surface area is 167 Å². The number of aryl methyl sites for hydroxylation is 1. The van der Waals surface area contributed by atoms with E-state index in [-0.39, 0.29) is 17.0 Å². The lowest BCUT2D eigenvalue weighted by Crippen LogP contribution is -2.30. The van der Waals surface area contributed by atoms with Crippen LogP contribution < -0.4 is 10.9 Å². The van der Waals surface area contributed by atoms with Crippen LogP contribution in [0.2, 0.25) is 0 Å². The fraction of sp³-hybridized carbons (Fsp3) is 0.400. The van der Waals surface area contributed by atoms with Crippen LogP contribution in [0.25, 0.3) is 10.9 Å². The van der Waals surface area contributed by atoms with Crippen molar-refractivity contribution in [2.75, 3.05) is 12.8 Å². The molecule has 3 rings (SSSR count). The van der Waals surface area contributed by atoms with Crippen LogP contribution in [0.4, 0.5) is 0 Å². The molecule has 0 unspecified atom stereocenters. The lowest BCUT2D eigenvalue weighted by Gasteiger charge is -2.11. The number of pyridine rings is 1. The summed E-state index contributed by atoms with van der Waals surface area (Å²) in [6.07, 6.45) is 3.43. The molecule has 148 valence electrons. The lowest BCUT2D eigenvalue weighted by atomic mass is 10.1. The molecule has 0 saturated heterocycles. The highest BCUT2D eigenvalue weighted by molar-refractivity contribution is 7.98. The maximum atomic E-state index is 12.4. The fourth-order valence-electron chi connectivity index (χ4n) is 3.06. The molecule has 0 radical (unpaired) electrons. The van der Waals surface area contributed by atoms with Gasteiger partial charge in [0, 0.05) is 25.0 Å². The Morgan fingerprint density at radius 1 is 1.29 bits per heavy atom. The summed E-state index contributed by atoms with van der Waals surface area (Å²) in [6, 6.07) is 9.03. The highest BCUT2D eigenvalue weighted by Crippen LogP contribution is 2.16. The number of para-hydroxylation sites is 1. The summed E-state index contributed by atoms with van der Waals surface area (Å²) >= 11 is 1.58. The number of amides is 1. The molecule has 0 fully saturated rings. The van der Waals surface area contributed by atoms with Gasteiger partial charge in [-0.15, -0.1) is 10.2 Å². The van der Waals surface area contributed by atoms with Gasteiger partial charge in [-0.25, -0.2) is 0 Å². The van der Waals surface area contributed by atoms with Crippen molar-refractivity contribution in [3.05, 3.63) is 52.1 Å². The maximum absolute atomic E-state index is 12.4. The van der Waals surface area contributed by atoms with E-state index in [2.05, 4.69) is 38.9 Å². The van der Waals surface area contributed by atoms with E-state index in [0.717, 1.165) is 34.8 Å². The Morgan fingerprint density at radius 3 is 2.82 bits per heavy atom. The van der Waals surface area contributed by atoms with E-state index in [4.69, 9.17) is 0 Å². The molecule has 2 heterocycles. The summed E-state index contributed by atoms with van der Waals surface area (Å²) in [6.45, 7) is 5.66. The average molecular weight is 400 g/mol. The van der Waals surface area contributed by atoms with E-state index in [1.165, 1.54) is 0 Å². The number of thioether (sulfide) groups is 1. The highest BCUT2D eigenvalue weighted by Gasteiger charge is 2.14. The topological polar surface area (TPSA) is 92.7 Å². The molecule has 2 aromatic heterocycles. The van der Waals surface area contributed by atoms with Crippen molar-refractivity contribution in [1.82, 2.24) is 25.1 Å². The Kier molecular flexibility index (Phi) is 6.51. The molecule has 3 aromatic rings. The van der Waals surface area contributed by atoms with Crippen molar-refractivity contribution >= 4 is 28.6 Å². The first-order valence-corrected chi connectivity index (χ1v) is 10.6. The summed E-state index contributed by atoms with van der Waals surface area (Å²) < 4.78 is 2.14. The van der Waals surface area contributed by atoms with Crippen LogP contribution in [0.1, 0.15) is 36.5 Å². The summed E-state index contributed by atoms with van der Waals surface area (Å²) in [4.78, 5) is 27.3. The van der Waals surface area contributed by atoms with Crippen LogP contribution >= 0.6 is 11.8 Å². The first-order chi connectivity index (χ1) is 13.5. The minimum atomic E-state index is -0.377. The molecule has 0 atom stereocenters. The lowest BCUT2D eigenvalue weighted by molar-refractivity contribution is 0.0952. The molecule has 2 N–H and O–H groups in total. The van der Waals surface area contributed by atoms with Crippen molar-refractivity contribution in [2.24, 2.45) is 5.92 Å². The first kappa shape index (κ1) is 20.1. The standard InChI is InChI=1S/C20H25N5O2S/c1-13(2)12-25-17(23-24-20(25)28-3)9-6-10-21-18(26)15-11-14-7-4-5-8-16(14)22-19(15)27/h4-5,7-8,11,13H,6,9-10,12H2,1-3H3,(H,21,26)(H,22,27). The van der Waals surface area contributed by atoms with E-state index >= 15 is 0 Å². The Bertz CT molecular complexity index is 1020. The number of hydrogen-bond acceptors (Lipinski definition) is 5. The van der Waals surface area contributed by atoms with E-state index < -0.39 is 0 Å². The number of aromatic nitrogens is 4. The van der Waals surface area contributed by atoms with Gasteiger partial charge in [0.05, 0.1) is 0 Å². The molecule has 0 aliphatic carbocycles. The number of nitrogens with zero attached hydrogens (tertiary/aromatic N) is 3. The van der Waals surface area contributed by atoms with Crippen LogP contribution in [0.3, 0.4) is 0 Å². The third-order valence-electron chi connectivity index (χ3n) is 4.38. The minimum absolute atomic E-state index is 0.131. The fourth-order valence-corrected chi connectivity index (χ4v) is 3.59. The quantitative estimate of drug-likeness (QED) is 0.449. The molecule has 8 heteroatoms. The SMILES string of the molecule is CSc1nnc(CCCNC(=O)c2cc3ccccc3[nH]c2=O)n1CC(C)C. The molecule has 28 heavy (non-hydrogen) atoms. The average Bonchev–Trinajstić information content (AvgIpc) is 3.05. The van der Waals surface area contributed by atoms with Crippen molar-refractivity contribution in [2.45, 2.75) is 38.4 Å². The summed E-state index contributed by atoms with van der Waals surface area (Å²) in [5.74, 6) is 1.07. The first-order valence-electron chi connectivity index (χ1n) is 9.36. The predicted octanol–water partition coefficient (Wildman–Crippen LogP) is 2.86. The molecule has 0 spiro atoms. The third kappa shape index (κ3) is 4.62. The van der Waals surface area contributed by atoms with E-state index in [9.17, 15) is 9.59 Å². The van der Waals surface area contributed by atoms with Gasteiger partial charge in [-0.05, 0) is 36.1 Å². The summed E-state index contributed by atoms with van der Waals surface area (Å²) in [5.41, 5.74) is 0.474. The molecule has 0 saturated carbocycles. The van der Waals surface area contributed by atoms with Crippen molar-refractivity contribution in [3.8, 4) is 0 Å². The third-order valence-corrected chi connectivity index (χ3v) is 5.05. The van der Waals surface area contributed by atoms with E-state index in [1.807, 2.05) is 30.5 Å². The van der Waals surface area contributed by atoms with Gasteiger partial charge < -0.3 is 14.9 Å². The second kappa shape index (κ2) is 9.05. The number of benzene rings is 1. The monoisotopic (exact) mass is 399 g/mol. The van der Waals surface area contributed by atoms with E-state index in [0.29, 0.717) is 18.9 Å². The van der Waals surface area contributed by atoms with Crippen molar-refractivity contribution < 1.29 is 4.79 Å².